The fourth-order valence-electron chi connectivity index (χ4n) is 4.68. The quantitative estimate of drug-likeness (QED) is 0.874. The summed E-state index contributed by atoms with van der Waals surface area (Å²) in [6.45, 7) is 7.83. The molecule has 1 amide bonds. The lowest BCUT2D eigenvalue weighted by Gasteiger charge is -2.50. The second kappa shape index (κ2) is 7.46. The van der Waals surface area contributed by atoms with E-state index in [2.05, 4.69) is 21.8 Å². The average molecular weight is 371 g/mol. The Labute approximate surface area is 160 Å². The predicted octanol–water partition coefficient (Wildman–Crippen LogP) is 2.75. The molecule has 7 heteroatoms. The Kier molecular flexibility index (Phi) is 5.04. The molecule has 4 rings (SSSR count). The van der Waals surface area contributed by atoms with Crippen molar-refractivity contribution in [1.29, 1.82) is 0 Å². The third-order valence-electron chi connectivity index (χ3n) is 6.22. The molecule has 0 aromatic carbocycles. The SMILES string of the molecule is CCCCN1CCc2[nH]cnc2C12CCN(C(=O)c1ncoc1CC)CC2. The van der Waals surface area contributed by atoms with Crippen molar-refractivity contribution in [2.24, 2.45) is 0 Å². The molecule has 27 heavy (non-hydrogen) atoms. The van der Waals surface area contributed by atoms with Gasteiger partial charge in [-0.25, -0.2) is 9.97 Å². The van der Waals surface area contributed by atoms with Gasteiger partial charge in [-0.15, -0.1) is 0 Å². The van der Waals surface area contributed by atoms with Crippen LogP contribution in [0.4, 0.5) is 0 Å². The highest BCUT2D eigenvalue weighted by Gasteiger charge is 2.47. The van der Waals surface area contributed by atoms with E-state index in [0.29, 0.717) is 17.9 Å². The van der Waals surface area contributed by atoms with E-state index in [-0.39, 0.29) is 11.4 Å². The van der Waals surface area contributed by atoms with Crippen LogP contribution in [0.3, 0.4) is 0 Å². The van der Waals surface area contributed by atoms with Crippen molar-refractivity contribution in [1.82, 2.24) is 24.8 Å². The fraction of sp³-hybridized carbons (Fsp3) is 0.650. The van der Waals surface area contributed by atoms with Gasteiger partial charge in [-0.3, -0.25) is 9.69 Å². The zero-order valence-corrected chi connectivity index (χ0v) is 16.3. The number of aromatic amines is 1. The van der Waals surface area contributed by atoms with Gasteiger partial charge in [-0.1, -0.05) is 20.3 Å². The maximum atomic E-state index is 12.9. The fourth-order valence-corrected chi connectivity index (χ4v) is 4.68. The highest BCUT2D eigenvalue weighted by molar-refractivity contribution is 5.93. The highest BCUT2D eigenvalue weighted by atomic mass is 16.3. The van der Waals surface area contributed by atoms with Gasteiger partial charge in [0.05, 0.1) is 17.6 Å². The number of hydrogen-bond acceptors (Lipinski definition) is 5. The number of piperidine rings is 1. The maximum absolute atomic E-state index is 12.9. The zero-order valence-electron chi connectivity index (χ0n) is 16.3. The summed E-state index contributed by atoms with van der Waals surface area (Å²) in [5, 5.41) is 0. The number of unbranched alkanes of at least 4 members (excludes halogenated alkanes) is 1. The third-order valence-corrected chi connectivity index (χ3v) is 6.22. The predicted molar refractivity (Wildman–Crippen MR) is 101 cm³/mol. The summed E-state index contributed by atoms with van der Waals surface area (Å²) in [4.78, 5) is 29.7. The Morgan fingerprint density at radius 2 is 2.07 bits per heavy atom. The Morgan fingerprint density at radius 3 is 2.81 bits per heavy atom. The van der Waals surface area contributed by atoms with Gasteiger partial charge in [-0.05, 0) is 25.8 Å². The molecule has 7 nitrogen and oxygen atoms in total. The number of carbonyl (C=O) groups excluding carboxylic acids is 1. The van der Waals surface area contributed by atoms with Crippen molar-refractivity contribution in [3.63, 3.8) is 0 Å². The van der Waals surface area contributed by atoms with Crippen molar-refractivity contribution >= 4 is 5.91 Å². The zero-order chi connectivity index (χ0) is 18.9. The van der Waals surface area contributed by atoms with Crippen molar-refractivity contribution in [2.75, 3.05) is 26.2 Å². The summed E-state index contributed by atoms with van der Waals surface area (Å²) in [6.07, 6.45) is 9.14. The summed E-state index contributed by atoms with van der Waals surface area (Å²) in [5.41, 5.74) is 2.90. The van der Waals surface area contributed by atoms with Crippen molar-refractivity contribution in [3.05, 3.63) is 35.6 Å². The van der Waals surface area contributed by atoms with Crippen LogP contribution in [0.2, 0.25) is 0 Å². The Bertz CT molecular complexity index is 788. The Hall–Kier alpha value is -2.15. The summed E-state index contributed by atoms with van der Waals surface area (Å²) >= 11 is 0. The molecule has 2 aromatic rings. The lowest BCUT2D eigenvalue weighted by atomic mass is 9.78. The lowest BCUT2D eigenvalue weighted by Crippen LogP contribution is -2.57. The number of amides is 1. The summed E-state index contributed by atoms with van der Waals surface area (Å²) < 4.78 is 5.35. The van der Waals surface area contributed by atoms with Crippen LogP contribution >= 0.6 is 0 Å². The first kappa shape index (κ1) is 18.2. The molecule has 0 unspecified atom stereocenters. The number of aromatic nitrogens is 3. The minimum absolute atomic E-state index is 0.00591. The second-order valence-corrected chi connectivity index (χ2v) is 7.62. The van der Waals surface area contributed by atoms with Gasteiger partial charge in [0.2, 0.25) is 0 Å². The first-order valence-electron chi connectivity index (χ1n) is 10.2. The molecular formula is C20H29N5O2. The first-order chi connectivity index (χ1) is 13.2. The second-order valence-electron chi connectivity index (χ2n) is 7.62. The van der Waals surface area contributed by atoms with Crippen LogP contribution in [-0.4, -0.2) is 56.8 Å². The summed E-state index contributed by atoms with van der Waals surface area (Å²) in [5.74, 6) is 0.672. The molecule has 0 radical (unpaired) electrons. The van der Waals surface area contributed by atoms with E-state index in [1.807, 2.05) is 18.2 Å². The molecule has 2 aromatic heterocycles. The largest absolute Gasteiger partial charge is 0.448 e. The van der Waals surface area contributed by atoms with Crippen LogP contribution in [0.1, 0.15) is 67.2 Å². The normalized spacial score (nSPS) is 19.4. The molecule has 0 atom stereocenters. The van der Waals surface area contributed by atoms with Crippen LogP contribution < -0.4 is 0 Å². The van der Waals surface area contributed by atoms with Crippen LogP contribution in [0, 0.1) is 0 Å². The number of carbonyl (C=O) groups is 1. The monoisotopic (exact) mass is 371 g/mol. The average Bonchev–Trinajstić information content (AvgIpc) is 3.37. The number of nitrogens with zero attached hydrogens (tertiary/aromatic N) is 4. The molecule has 0 aliphatic carbocycles. The van der Waals surface area contributed by atoms with Gasteiger partial charge in [0.15, 0.2) is 12.1 Å². The van der Waals surface area contributed by atoms with E-state index in [1.54, 1.807) is 0 Å². The Morgan fingerprint density at radius 1 is 1.26 bits per heavy atom. The van der Waals surface area contributed by atoms with Gasteiger partial charge in [-0.2, -0.15) is 0 Å². The van der Waals surface area contributed by atoms with E-state index in [0.717, 1.165) is 45.4 Å². The number of nitrogens with one attached hydrogen (secondary N) is 1. The van der Waals surface area contributed by atoms with Crippen LogP contribution in [0.25, 0.3) is 0 Å². The number of oxazole rings is 1. The number of aryl methyl sites for hydroxylation is 1. The van der Waals surface area contributed by atoms with Crippen molar-refractivity contribution in [3.8, 4) is 0 Å². The van der Waals surface area contributed by atoms with Gasteiger partial charge >= 0.3 is 0 Å². The molecule has 0 saturated carbocycles. The third kappa shape index (κ3) is 3.08. The van der Waals surface area contributed by atoms with Gasteiger partial charge in [0.1, 0.15) is 5.76 Å². The van der Waals surface area contributed by atoms with E-state index < -0.39 is 0 Å². The summed E-state index contributed by atoms with van der Waals surface area (Å²) in [6, 6.07) is 0. The molecule has 4 heterocycles. The van der Waals surface area contributed by atoms with E-state index in [9.17, 15) is 4.79 Å². The number of rotatable bonds is 5. The first-order valence-corrected chi connectivity index (χ1v) is 10.2. The molecule has 1 fully saturated rings. The molecular weight excluding hydrogens is 342 g/mol. The van der Waals surface area contributed by atoms with E-state index in [4.69, 9.17) is 9.40 Å². The molecule has 146 valence electrons. The smallest absolute Gasteiger partial charge is 0.276 e. The standard InChI is InChI=1S/C20H29N5O2/c1-3-5-9-25-10-6-15-18(22-13-21-15)20(25)7-11-24(12-8-20)19(26)17-16(4-2)27-14-23-17/h13-14H,3-12H2,1-2H3,(H,21,22). The molecule has 1 spiro atoms. The van der Waals surface area contributed by atoms with Crippen LogP contribution in [0.5, 0.6) is 0 Å². The van der Waals surface area contributed by atoms with E-state index >= 15 is 0 Å². The molecule has 2 aliphatic heterocycles. The van der Waals surface area contributed by atoms with Crippen molar-refractivity contribution in [2.45, 2.75) is 57.9 Å². The van der Waals surface area contributed by atoms with Crippen molar-refractivity contribution < 1.29 is 9.21 Å². The molecule has 1 saturated heterocycles. The lowest BCUT2D eigenvalue weighted by molar-refractivity contribution is 0.00609. The van der Waals surface area contributed by atoms with Crippen LogP contribution in [0.15, 0.2) is 17.1 Å². The number of fused-ring (bicyclic) bond motifs is 2. The molecule has 0 bridgehead atoms. The number of hydrogen-bond donors (Lipinski definition) is 1. The molecule has 2 aliphatic rings. The number of imidazole rings is 1. The topological polar surface area (TPSA) is 78.3 Å². The van der Waals surface area contributed by atoms with Gasteiger partial charge in [0.25, 0.3) is 5.91 Å². The molecule has 1 N–H and O–H groups in total. The van der Waals surface area contributed by atoms with E-state index in [1.165, 1.54) is 30.6 Å². The van der Waals surface area contributed by atoms with Crippen LogP contribution in [-0.2, 0) is 18.4 Å². The highest BCUT2D eigenvalue weighted by Crippen LogP contribution is 2.42. The number of H-pyrrole nitrogens is 1. The minimum Gasteiger partial charge on any atom is -0.448 e. The number of likely N-dealkylation sites (tertiary alicyclic amines) is 1. The minimum atomic E-state index is -0.0447. The van der Waals surface area contributed by atoms with Gasteiger partial charge < -0.3 is 14.3 Å². The maximum Gasteiger partial charge on any atom is 0.276 e. The van der Waals surface area contributed by atoms with Gasteiger partial charge in [0, 0.05) is 38.2 Å². The summed E-state index contributed by atoms with van der Waals surface area (Å²) in [7, 11) is 0. The Balaban J connectivity index is 1.54.